The highest BCUT2D eigenvalue weighted by Gasteiger charge is 2.41. The number of amides is 2. The Kier molecular flexibility index (Phi) is 5.23. The van der Waals surface area contributed by atoms with E-state index in [9.17, 15) is 18.0 Å². The first-order valence-electron chi connectivity index (χ1n) is 7.45. The molecule has 2 N–H and O–H groups in total. The van der Waals surface area contributed by atoms with Gasteiger partial charge < -0.3 is 10.6 Å². The van der Waals surface area contributed by atoms with Gasteiger partial charge in [0.1, 0.15) is 6.04 Å². The zero-order valence-corrected chi connectivity index (χ0v) is 15.9. The number of sulfonamides is 1. The maximum absolute atomic E-state index is 13.0. The van der Waals surface area contributed by atoms with Crippen molar-refractivity contribution in [2.75, 3.05) is 18.4 Å². The van der Waals surface area contributed by atoms with Crippen LogP contribution in [-0.4, -0.2) is 47.8 Å². The van der Waals surface area contributed by atoms with Crippen molar-refractivity contribution in [1.82, 2.24) is 19.8 Å². The molecule has 0 bridgehead atoms. The fraction of sp³-hybridized carbons (Fsp3) is 0.286. The molecule has 1 aliphatic rings. The van der Waals surface area contributed by atoms with Gasteiger partial charge in [0.15, 0.2) is 0 Å². The van der Waals surface area contributed by atoms with E-state index in [0.29, 0.717) is 10.6 Å². The molecule has 0 saturated carbocycles. The summed E-state index contributed by atoms with van der Waals surface area (Å²) in [5.74, 6) is -0.840. The molecule has 3 rings (SSSR count). The number of hydrogen-bond acceptors (Lipinski definition) is 7. The second-order valence-electron chi connectivity index (χ2n) is 5.42. The van der Waals surface area contributed by atoms with E-state index in [2.05, 4.69) is 20.8 Å². The average molecular weight is 416 g/mol. The average Bonchev–Trinajstić information content (AvgIpc) is 3.03. The van der Waals surface area contributed by atoms with Crippen LogP contribution in [0.25, 0.3) is 0 Å². The van der Waals surface area contributed by atoms with Crippen molar-refractivity contribution in [3.05, 3.63) is 34.9 Å². The summed E-state index contributed by atoms with van der Waals surface area (Å²) in [6.45, 7) is 1.52. The summed E-state index contributed by atoms with van der Waals surface area (Å²) < 4.78 is 26.8. The molecule has 0 spiro atoms. The molecule has 1 aliphatic heterocycles. The van der Waals surface area contributed by atoms with E-state index < -0.39 is 22.0 Å². The van der Waals surface area contributed by atoms with Gasteiger partial charge in [-0.05, 0) is 17.7 Å². The molecule has 9 nitrogen and oxygen atoms in total. The molecule has 2 aromatic rings. The van der Waals surface area contributed by atoms with Crippen LogP contribution in [0, 0.1) is 0 Å². The number of hydrogen-bond donors (Lipinski definition) is 2. The van der Waals surface area contributed by atoms with Crippen LogP contribution in [0.2, 0.25) is 5.02 Å². The standard InChI is InChI=1S/C14H14ClN5O4S2/c1-8(21)17-13-18-19-14(25-13)26(23,24)20-6-5-16-12(22)11(20)9-3-2-4-10(15)7-9/h2-4,7,11H,5-6H2,1H3,(H,16,22)(H,17,18,21). The van der Waals surface area contributed by atoms with Gasteiger partial charge in [0.25, 0.3) is 10.0 Å². The number of benzene rings is 1. The van der Waals surface area contributed by atoms with Crippen LogP contribution in [0.4, 0.5) is 5.13 Å². The molecule has 1 aromatic heterocycles. The Morgan fingerprint density at radius 1 is 1.42 bits per heavy atom. The van der Waals surface area contributed by atoms with Crippen molar-refractivity contribution in [3.63, 3.8) is 0 Å². The molecule has 0 radical (unpaired) electrons. The molecule has 1 atom stereocenters. The summed E-state index contributed by atoms with van der Waals surface area (Å²) >= 11 is 6.70. The van der Waals surface area contributed by atoms with Crippen molar-refractivity contribution < 1.29 is 18.0 Å². The van der Waals surface area contributed by atoms with Gasteiger partial charge in [-0.3, -0.25) is 9.59 Å². The minimum atomic E-state index is -4.10. The zero-order chi connectivity index (χ0) is 18.9. The van der Waals surface area contributed by atoms with Crippen molar-refractivity contribution in [1.29, 1.82) is 0 Å². The molecule has 12 heteroatoms. The van der Waals surface area contributed by atoms with Gasteiger partial charge in [-0.15, -0.1) is 10.2 Å². The molecule has 138 valence electrons. The lowest BCUT2D eigenvalue weighted by Crippen LogP contribution is -2.52. The Balaban J connectivity index is 1.99. The summed E-state index contributed by atoms with van der Waals surface area (Å²) in [4.78, 5) is 23.5. The molecule has 1 unspecified atom stereocenters. The van der Waals surface area contributed by atoms with Crippen molar-refractivity contribution >= 4 is 49.9 Å². The zero-order valence-electron chi connectivity index (χ0n) is 13.5. The van der Waals surface area contributed by atoms with E-state index in [1.807, 2.05) is 0 Å². The molecule has 26 heavy (non-hydrogen) atoms. The fourth-order valence-electron chi connectivity index (χ4n) is 2.51. The smallest absolute Gasteiger partial charge is 0.273 e. The number of halogens is 1. The van der Waals surface area contributed by atoms with Crippen molar-refractivity contribution in [2.24, 2.45) is 0 Å². The third-order valence-corrected chi connectivity index (χ3v) is 6.84. The first-order valence-corrected chi connectivity index (χ1v) is 10.1. The summed E-state index contributed by atoms with van der Waals surface area (Å²) in [7, 11) is -4.10. The quantitative estimate of drug-likeness (QED) is 0.719. The maximum Gasteiger partial charge on any atom is 0.273 e. The molecule has 2 heterocycles. The number of nitrogens with zero attached hydrogens (tertiary/aromatic N) is 3. The first-order chi connectivity index (χ1) is 12.3. The van der Waals surface area contributed by atoms with Crippen molar-refractivity contribution in [2.45, 2.75) is 17.3 Å². The highest BCUT2D eigenvalue weighted by molar-refractivity contribution is 7.91. The number of nitrogens with one attached hydrogen (secondary N) is 2. The molecule has 2 amide bonds. The topological polar surface area (TPSA) is 121 Å². The van der Waals surface area contributed by atoms with E-state index >= 15 is 0 Å². The van der Waals surface area contributed by atoms with Crippen LogP contribution in [-0.2, 0) is 19.6 Å². The van der Waals surface area contributed by atoms with Gasteiger partial charge in [-0.1, -0.05) is 35.1 Å². The summed E-state index contributed by atoms with van der Waals surface area (Å²) in [5.41, 5.74) is 0.449. The fourth-order valence-corrected chi connectivity index (χ4v) is 5.35. The van der Waals surface area contributed by atoms with Gasteiger partial charge in [0.2, 0.25) is 21.3 Å². The SMILES string of the molecule is CC(=O)Nc1nnc(S(=O)(=O)N2CCNC(=O)C2c2cccc(Cl)c2)s1. The van der Waals surface area contributed by atoms with Crippen LogP contribution in [0.3, 0.4) is 0 Å². The molecule has 0 aliphatic carbocycles. The summed E-state index contributed by atoms with van der Waals surface area (Å²) in [5, 5.41) is 12.8. The molecule has 1 fully saturated rings. The number of anilines is 1. The Hall–Kier alpha value is -2.08. The minimum Gasteiger partial charge on any atom is -0.353 e. The lowest BCUT2D eigenvalue weighted by atomic mass is 10.0. The molecular weight excluding hydrogens is 402 g/mol. The number of piperazine rings is 1. The van der Waals surface area contributed by atoms with Gasteiger partial charge in [0.05, 0.1) is 0 Å². The van der Waals surface area contributed by atoms with Gasteiger partial charge in [-0.2, -0.15) is 4.31 Å². The van der Waals surface area contributed by atoms with E-state index in [1.54, 1.807) is 24.3 Å². The molecular formula is C14H14ClN5O4S2. The summed E-state index contributed by atoms with van der Waals surface area (Å²) in [6, 6.07) is 5.38. The Labute approximate surface area is 158 Å². The van der Waals surface area contributed by atoms with Gasteiger partial charge in [-0.25, -0.2) is 8.42 Å². The summed E-state index contributed by atoms with van der Waals surface area (Å²) in [6.07, 6.45) is 0. The lowest BCUT2D eigenvalue weighted by Gasteiger charge is -2.33. The Bertz CT molecular complexity index is 962. The minimum absolute atomic E-state index is 0.0665. The predicted molar refractivity (Wildman–Crippen MR) is 95.3 cm³/mol. The monoisotopic (exact) mass is 415 g/mol. The Morgan fingerprint density at radius 2 is 2.19 bits per heavy atom. The van der Waals surface area contributed by atoms with Crippen LogP contribution in [0.15, 0.2) is 28.6 Å². The largest absolute Gasteiger partial charge is 0.353 e. The van der Waals surface area contributed by atoms with Crippen LogP contribution in [0.5, 0.6) is 0 Å². The van der Waals surface area contributed by atoms with E-state index in [-0.39, 0.29) is 28.5 Å². The second kappa shape index (κ2) is 7.27. The third-order valence-electron chi connectivity index (χ3n) is 3.55. The van der Waals surface area contributed by atoms with Crippen LogP contribution in [0.1, 0.15) is 18.5 Å². The number of carbonyl (C=O) groups excluding carboxylic acids is 2. The lowest BCUT2D eigenvalue weighted by molar-refractivity contribution is -0.127. The number of aromatic nitrogens is 2. The molecule has 1 saturated heterocycles. The third kappa shape index (κ3) is 3.70. The number of carbonyl (C=O) groups is 2. The highest BCUT2D eigenvalue weighted by Crippen LogP contribution is 2.32. The van der Waals surface area contributed by atoms with E-state index in [1.165, 1.54) is 6.92 Å². The Morgan fingerprint density at radius 3 is 2.88 bits per heavy atom. The van der Waals surface area contributed by atoms with Gasteiger partial charge in [0, 0.05) is 25.0 Å². The normalized spacial score (nSPS) is 18.4. The second-order valence-corrected chi connectivity index (χ2v) is 8.90. The maximum atomic E-state index is 13.0. The van der Waals surface area contributed by atoms with E-state index in [0.717, 1.165) is 15.6 Å². The van der Waals surface area contributed by atoms with Crippen LogP contribution < -0.4 is 10.6 Å². The van der Waals surface area contributed by atoms with Crippen molar-refractivity contribution in [3.8, 4) is 0 Å². The highest BCUT2D eigenvalue weighted by atomic mass is 35.5. The van der Waals surface area contributed by atoms with E-state index in [4.69, 9.17) is 11.6 Å². The van der Waals surface area contributed by atoms with Gasteiger partial charge >= 0.3 is 0 Å². The first kappa shape index (κ1) is 18.7. The van der Waals surface area contributed by atoms with Crippen LogP contribution >= 0.6 is 22.9 Å². The molecule has 1 aromatic carbocycles. The predicted octanol–water partition coefficient (Wildman–Crippen LogP) is 1.01. The number of rotatable bonds is 4.